The van der Waals surface area contributed by atoms with Crippen LogP contribution in [0.25, 0.3) is 0 Å². The summed E-state index contributed by atoms with van der Waals surface area (Å²) in [4.78, 5) is 62.6. The van der Waals surface area contributed by atoms with Gasteiger partial charge >= 0.3 is 0 Å². The van der Waals surface area contributed by atoms with E-state index in [9.17, 15) is 19.2 Å². The van der Waals surface area contributed by atoms with Gasteiger partial charge in [0.25, 0.3) is 5.91 Å². The summed E-state index contributed by atoms with van der Waals surface area (Å²) in [5.41, 5.74) is 0.285. The molecule has 32 heavy (non-hydrogen) atoms. The second-order valence-corrected chi connectivity index (χ2v) is 8.76. The summed E-state index contributed by atoms with van der Waals surface area (Å²) in [7, 11) is 0. The van der Waals surface area contributed by atoms with Gasteiger partial charge in [0.15, 0.2) is 0 Å². The molecule has 10 heteroatoms. The van der Waals surface area contributed by atoms with Crippen molar-refractivity contribution in [1.82, 2.24) is 30.4 Å². The summed E-state index contributed by atoms with van der Waals surface area (Å²) in [6, 6.07) is -1.50. The van der Waals surface area contributed by atoms with Gasteiger partial charge in [-0.1, -0.05) is 19.3 Å². The van der Waals surface area contributed by atoms with Gasteiger partial charge in [-0.25, -0.2) is 9.97 Å². The van der Waals surface area contributed by atoms with E-state index in [0.717, 1.165) is 38.5 Å². The summed E-state index contributed by atoms with van der Waals surface area (Å²) < 4.78 is 0. The van der Waals surface area contributed by atoms with Crippen LogP contribution in [0.15, 0.2) is 18.7 Å². The molecule has 3 heterocycles. The monoisotopic (exact) mass is 442 g/mol. The van der Waals surface area contributed by atoms with E-state index in [1.165, 1.54) is 23.6 Å². The van der Waals surface area contributed by atoms with E-state index in [4.69, 9.17) is 0 Å². The predicted octanol–water partition coefficient (Wildman–Crippen LogP) is 0.105. The number of hydrogen-bond donors (Lipinski definition) is 2. The minimum atomic E-state index is -0.876. The Balaban J connectivity index is 1.51. The molecule has 172 valence electrons. The van der Waals surface area contributed by atoms with E-state index in [-0.39, 0.29) is 42.3 Å². The summed E-state index contributed by atoms with van der Waals surface area (Å²) in [6.07, 6.45) is 10.5. The number of amides is 4. The quantitative estimate of drug-likeness (QED) is 0.682. The molecule has 4 rings (SSSR count). The Morgan fingerprint density at radius 2 is 1.75 bits per heavy atom. The first-order valence-corrected chi connectivity index (χ1v) is 11.5. The summed E-state index contributed by atoms with van der Waals surface area (Å²) in [5, 5.41) is 5.55. The lowest BCUT2D eigenvalue weighted by Crippen LogP contribution is -2.64. The highest BCUT2D eigenvalue weighted by Gasteiger charge is 2.40. The van der Waals surface area contributed by atoms with Gasteiger partial charge in [-0.3, -0.25) is 19.2 Å². The Hall–Kier alpha value is -3.04. The van der Waals surface area contributed by atoms with Gasteiger partial charge < -0.3 is 20.4 Å². The fraction of sp³-hybridized carbons (Fsp3) is 0.636. The molecule has 2 N–H and O–H groups in total. The van der Waals surface area contributed by atoms with Crippen LogP contribution < -0.4 is 10.6 Å². The molecule has 3 aliphatic rings. The maximum absolute atomic E-state index is 13.2. The van der Waals surface area contributed by atoms with E-state index in [1.54, 1.807) is 4.90 Å². The SMILES string of the molecule is O=C1NCCCC1NC(=O)C1CN(C(=O)C2CCCCC2)CCN1C(=O)c1cncnc1. The highest BCUT2D eigenvalue weighted by molar-refractivity contribution is 5.98. The summed E-state index contributed by atoms with van der Waals surface area (Å²) >= 11 is 0. The van der Waals surface area contributed by atoms with Crippen molar-refractivity contribution in [3.8, 4) is 0 Å². The summed E-state index contributed by atoms with van der Waals surface area (Å²) in [5.74, 6) is -0.943. The Labute approximate surface area is 187 Å². The molecule has 4 amide bonds. The van der Waals surface area contributed by atoms with Crippen molar-refractivity contribution in [2.24, 2.45) is 5.92 Å². The number of piperazine rings is 1. The zero-order chi connectivity index (χ0) is 22.5. The fourth-order valence-corrected chi connectivity index (χ4v) is 4.81. The molecular weight excluding hydrogens is 412 g/mol. The van der Waals surface area contributed by atoms with E-state index in [2.05, 4.69) is 20.6 Å². The Kier molecular flexibility index (Phi) is 6.96. The molecule has 3 fully saturated rings. The van der Waals surface area contributed by atoms with Crippen molar-refractivity contribution in [3.63, 3.8) is 0 Å². The Bertz CT molecular complexity index is 857. The number of piperidine rings is 1. The lowest BCUT2D eigenvalue weighted by molar-refractivity contribution is -0.142. The topological polar surface area (TPSA) is 125 Å². The number of nitrogens with zero attached hydrogens (tertiary/aromatic N) is 4. The molecule has 2 unspecified atom stereocenters. The second kappa shape index (κ2) is 10.1. The number of carbonyl (C=O) groups is 4. The van der Waals surface area contributed by atoms with Gasteiger partial charge in [-0.2, -0.15) is 0 Å². The minimum absolute atomic E-state index is 0.0126. The highest BCUT2D eigenvalue weighted by atomic mass is 16.2. The minimum Gasteiger partial charge on any atom is -0.354 e. The van der Waals surface area contributed by atoms with Gasteiger partial charge in [0.1, 0.15) is 18.4 Å². The van der Waals surface area contributed by atoms with Crippen LogP contribution in [-0.2, 0) is 14.4 Å². The van der Waals surface area contributed by atoms with Crippen LogP contribution >= 0.6 is 0 Å². The van der Waals surface area contributed by atoms with Crippen LogP contribution in [0.4, 0.5) is 0 Å². The molecule has 0 spiro atoms. The molecule has 1 saturated carbocycles. The van der Waals surface area contributed by atoms with Crippen LogP contribution in [-0.4, -0.2) is 81.7 Å². The lowest BCUT2D eigenvalue weighted by atomic mass is 9.88. The zero-order valence-corrected chi connectivity index (χ0v) is 18.2. The standard InChI is InChI=1S/C22H30N6O4/c29-19-17(7-4-8-25-19)26-20(30)18-13-27(21(31)15-5-2-1-3-6-15)9-10-28(18)22(32)16-11-23-14-24-12-16/h11-12,14-15,17-18H,1-10,13H2,(H,25,29)(H,26,30). The molecule has 2 atom stereocenters. The lowest BCUT2D eigenvalue weighted by Gasteiger charge is -2.42. The third-order valence-electron chi connectivity index (χ3n) is 6.62. The van der Waals surface area contributed by atoms with Crippen LogP contribution in [0, 0.1) is 5.92 Å². The number of aromatic nitrogens is 2. The Morgan fingerprint density at radius 3 is 2.47 bits per heavy atom. The van der Waals surface area contributed by atoms with Gasteiger partial charge in [0.05, 0.1) is 12.1 Å². The zero-order valence-electron chi connectivity index (χ0n) is 18.2. The number of hydrogen-bond acceptors (Lipinski definition) is 6. The van der Waals surface area contributed by atoms with Crippen LogP contribution in [0.2, 0.25) is 0 Å². The van der Waals surface area contributed by atoms with Crippen molar-refractivity contribution < 1.29 is 19.2 Å². The van der Waals surface area contributed by atoms with E-state index >= 15 is 0 Å². The summed E-state index contributed by atoms with van der Waals surface area (Å²) in [6.45, 7) is 1.33. The van der Waals surface area contributed by atoms with Crippen molar-refractivity contribution >= 4 is 23.6 Å². The van der Waals surface area contributed by atoms with Gasteiger partial charge in [-0.15, -0.1) is 0 Å². The van der Waals surface area contributed by atoms with Crippen molar-refractivity contribution in [3.05, 3.63) is 24.3 Å². The van der Waals surface area contributed by atoms with Crippen LogP contribution in [0.1, 0.15) is 55.3 Å². The third kappa shape index (κ3) is 4.89. The normalized spacial score (nSPS) is 24.6. The second-order valence-electron chi connectivity index (χ2n) is 8.76. The van der Waals surface area contributed by atoms with Crippen LogP contribution in [0.5, 0.6) is 0 Å². The van der Waals surface area contributed by atoms with Crippen molar-refractivity contribution in [1.29, 1.82) is 0 Å². The number of carbonyl (C=O) groups excluding carboxylic acids is 4. The number of nitrogens with one attached hydrogen (secondary N) is 2. The molecule has 1 aromatic heterocycles. The Morgan fingerprint density at radius 1 is 1.00 bits per heavy atom. The highest BCUT2D eigenvalue weighted by Crippen LogP contribution is 2.27. The first-order valence-electron chi connectivity index (χ1n) is 11.5. The van der Waals surface area contributed by atoms with Gasteiger partial charge in [0, 0.05) is 37.9 Å². The van der Waals surface area contributed by atoms with E-state index < -0.39 is 18.0 Å². The largest absolute Gasteiger partial charge is 0.354 e. The smallest absolute Gasteiger partial charge is 0.257 e. The molecular formula is C22H30N6O4. The molecule has 2 aliphatic heterocycles. The van der Waals surface area contributed by atoms with E-state index in [1.807, 2.05) is 0 Å². The first-order chi connectivity index (χ1) is 15.5. The van der Waals surface area contributed by atoms with Crippen molar-refractivity contribution in [2.45, 2.75) is 57.0 Å². The molecule has 10 nitrogen and oxygen atoms in total. The predicted molar refractivity (Wildman–Crippen MR) is 114 cm³/mol. The molecule has 0 bridgehead atoms. The maximum Gasteiger partial charge on any atom is 0.257 e. The fourth-order valence-electron chi connectivity index (χ4n) is 4.81. The average Bonchev–Trinajstić information content (AvgIpc) is 2.85. The molecule has 0 radical (unpaired) electrons. The van der Waals surface area contributed by atoms with Gasteiger partial charge in [-0.05, 0) is 25.7 Å². The first kappa shape index (κ1) is 22.2. The maximum atomic E-state index is 13.2. The molecule has 0 aromatic carbocycles. The average molecular weight is 443 g/mol. The molecule has 1 aliphatic carbocycles. The van der Waals surface area contributed by atoms with Crippen molar-refractivity contribution in [2.75, 3.05) is 26.2 Å². The third-order valence-corrected chi connectivity index (χ3v) is 6.62. The number of rotatable bonds is 4. The van der Waals surface area contributed by atoms with Crippen LogP contribution in [0.3, 0.4) is 0 Å². The molecule has 1 aromatic rings. The molecule has 2 saturated heterocycles. The van der Waals surface area contributed by atoms with E-state index in [0.29, 0.717) is 19.5 Å². The van der Waals surface area contributed by atoms with Gasteiger partial charge in [0.2, 0.25) is 17.7 Å².